The minimum atomic E-state index is -4.26. The Balaban J connectivity index is 0.000000572. The number of hydrogen-bond acceptors (Lipinski definition) is 5. The molecule has 1 atom stereocenters. The molecule has 1 aromatic carbocycles. The lowest BCUT2D eigenvalue weighted by Gasteiger charge is -2.14. The molecule has 0 spiro atoms. The van der Waals surface area contributed by atoms with Gasteiger partial charge in [-0.05, 0) is 75.8 Å². The number of aryl methyl sites for hydroxylation is 3. The van der Waals surface area contributed by atoms with Crippen LogP contribution >= 0.6 is 0 Å². The molecule has 36 heavy (non-hydrogen) atoms. The highest BCUT2D eigenvalue weighted by atomic mass is 19.4. The second-order valence-corrected chi connectivity index (χ2v) is 8.41. The Hall–Kier alpha value is -3.03. The van der Waals surface area contributed by atoms with E-state index in [4.69, 9.17) is 9.15 Å². The first-order valence-corrected chi connectivity index (χ1v) is 12.4. The summed E-state index contributed by atoms with van der Waals surface area (Å²) < 4.78 is 54.8. The molecule has 0 amide bonds. The molecule has 1 unspecified atom stereocenters. The number of carbonyl (C=O) groups is 1. The third-order valence-corrected chi connectivity index (χ3v) is 5.67. The number of fused-ring (bicyclic) bond motifs is 1. The summed E-state index contributed by atoms with van der Waals surface area (Å²) in [6, 6.07) is 6.22. The molecule has 2 aromatic rings. The van der Waals surface area contributed by atoms with E-state index in [2.05, 4.69) is 21.9 Å². The number of allylic oxidation sites excluding steroid dienone is 3. The highest BCUT2D eigenvalue weighted by Crippen LogP contribution is 2.30. The number of alkyl halides is 3. The number of benzene rings is 1. The second-order valence-electron chi connectivity index (χ2n) is 8.41. The Morgan fingerprint density at radius 3 is 2.61 bits per heavy atom. The van der Waals surface area contributed by atoms with Gasteiger partial charge in [0.2, 0.25) is 5.89 Å². The minimum Gasteiger partial charge on any atom is -0.493 e. The summed E-state index contributed by atoms with van der Waals surface area (Å²) >= 11 is 0. The van der Waals surface area contributed by atoms with E-state index < -0.39 is 12.1 Å². The van der Waals surface area contributed by atoms with Gasteiger partial charge in [0.1, 0.15) is 11.5 Å². The first-order valence-electron chi connectivity index (χ1n) is 12.4. The Kier molecular flexibility index (Phi) is 11.8. The number of aromatic nitrogens is 1. The van der Waals surface area contributed by atoms with E-state index in [0.717, 1.165) is 30.4 Å². The van der Waals surface area contributed by atoms with Crippen LogP contribution in [0.4, 0.5) is 13.2 Å². The zero-order chi connectivity index (χ0) is 26.6. The Labute approximate surface area is 211 Å². The molecular formula is C28H36F3NO4. The molecule has 0 saturated carbocycles. The normalized spacial score (nSPS) is 14.0. The van der Waals surface area contributed by atoms with E-state index in [1.165, 1.54) is 35.8 Å². The van der Waals surface area contributed by atoms with E-state index in [1.807, 2.05) is 13.0 Å². The van der Waals surface area contributed by atoms with E-state index in [9.17, 15) is 18.0 Å². The Morgan fingerprint density at radius 1 is 1.22 bits per heavy atom. The van der Waals surface area contributed by atoms with Gasteiger partial charge in [-0.15, -0.1) is 0 Å². The predicted octanol–water partition coefficient (Wildman–Crippen LogP) is 7.21. The fourth-order valence-corrected chi connectivity index (χ4v) is 3.79. The third kappa shape index (κ3) is 9.55. The van der Waals surface area contributed by atoms with Gasteiger partial charge < -0.3 is 13.9 Å². The van der Waals surface area contributed by atoms with E-state index in [-0.39, 0.29) is 12.4 Å². The lowest BCUT2D eigenvalue weighted by atomic mass is 10.0. The van der Waals surface area contributed by atoms with Crippen molar-refractivity contribution in [3.05, 3.63) is 64.9 Å². The van der Waals surface area contributed by atoms with Crippen molar-refractivity contribution in [3.63, 3.8) is 0 Å². The van der Waals surface area contributed by atoms with Crippen LogP contribution in [0.1, 0.15) is 68.5 Å². The SMILES string of the molecule is C/C=C\C(C/C=C/c1nc(C)c(CCOc2ccc3c(c2)CCC3)o1)C(F)(F)F.CCOC(=O)CC. The molecule has 3 rings (SSSR count). The number of rotatable bonds is 10. The summed E-state index contributed by atoms with van der Waals surface area (Å²) in [5, 5.41) is 0. The smallest absolute Gasteiger partial charge is 0.395 e. The van der Waals surface area contributed by atoms with Crippen molar-refractivity contribution in [1.29, 1.82) is 0 Å². The molecule has 198 valence electrons. The van der Waals surface area contributed by atoms with Crippen molar-refractivity contribution < 1.29 is 31.9 Å². The monoisotopic (exact) mass is 507 g/mol. The van der Waals surface area contributed by atoms with Crippen molar-refractivity contribution in [3.8, 4) is 5.75 Å². The highest BCUT2D eigenvalue weighted by molar-refractivity contribution is 5.68. The molecule has 8 heteroatoms. The van der Waals surface area contributed by atoms with Crippen molar-refractivity contribution >= 4 is 12.0 Å². The molecule has 1 aliphatic carbocycles. The lowest BCUT2D eigenvalue weighted by Crippen LogP contribution is -2.20. The van der Waals surface area contributed by atoms with Gasteiger partial charge in [0, 0.05) is 12.8 Å². The van der Waals surface area contributed by atoms with Gasteiger partial charge in [-0.3, -0.25) is 4.79 Å². The van der Waals surface area contributed by atoms with Crippen LogP contribution in [0.3, 0.4) is 0 Å². The molecule has 1 aliphatic rings. The summed E-state index contributed by atoms with van der Waals surface area (Å²) in [7, 11) is 0. The maximum atomic E-state index is 12.9. The number of halogens is 3. The van der Waals surface area contributed by atoms with Crippen molar-refractivity contribution in [2.45, 2.75) is 72.4 Å². The van der Waals surface area contributed by atoms with Crippen molar-refractivity contribution in [2.75, 3.05) is 13.2 Å². The van der Waals surface area contributed by atoms with Gasteiger partial charge in [0.25, 0.3) is 0 Å². The number of carbonyl (C=O) groups excluding carboxylic acids is 1. The highest BCUT2D eigenvalue weighted by Gasteiger charge is 2.36. The fraction of sp³-hybridized carbons (Fsp3) is 0.500. The van der Waals surface area contributed by atoms with Crippen LogP contribution in [0.2, 0.25) is 0 Å². The first kappa shape index (κ1) is 29.2. The Bertz CT molecular complexity index is 1020. The molecule has 5 nitrogen and oxygen atoms in total. The van der Waals surface area contributed by atoms with Gasteiger partial charge in [-0.25, -0.2) is 4.98 Å². The van der Waals surface area contributed by atoms with Crippen molar-refractivity contribution in [1.82, 2.24) is 4.98 Å². The van der Waals surface area contributed by atoms with E-state index >= 15 is 0 Å². The maximum Gasteiger partial charge on any atom is 0.395 e. The number of nitrogens with zero attached hydrogens (tertiary/aromatic N) is 1. The van der Waals surface area contributed by atoms with Gasteiger partial charge in [0.15, 0.2) is 0 Å². The van der Waals surface area contributed by atoms with Gasteiger partial charge in [0.05, 0.1) is 24.8 Å². The molecule has 0 saturated heterocycles. The summed E-state index contributed by atoms with van der Waals surface area (Å²) in [6.07, 6.45) is 5.59. The summed E-state index contributed by atoms with van der Waals surface area (Å²) in [6.45, 7) is 7.93. The van der Waals surface area contributed by atoms with Crippen molar-refractivity contribution in [2.24, 2.45) is 5.92 Å². The zero-order valence-electron chi connectivity index (χ0n) is 21.5. The molecular weight excluding hydrogens is 471 g/mol. The van der Waals surface area contributed by atoms with Crippen LogP contribution < -0.4 is 4.74 Å². The molecule has 0 radical (unpaired) electrons. The number of oxazole rings is 1. The van der Waals surface area contributed by atoms with Gasteiger partial charge in [-0.1, -0.05) is 31.2 Å². The molecule has 0 bridgehead atoms. The van der Waals surface area contributed by atoms with Crippen LogP contribution in [-0.2, 0) is 28.8 Å². The number of hydrogen-bond donors (Lipinski definition) is 0. The van der Waals surface area contributed by atoms with Gasteiger partial charge >= 0.3 is 12.1 Å². The molecule has 1 aromatic heterocycles. The summed E-state index contributed by atoms with van der Waals surface area (Å²) in [4.78, 5) is 14.5. The van der Waals surface area contributed by atoms with Crippen LogP contribution in [0.5, 0.6) is 5.75 Å². The van der Waals surface area contributed by atoms with Crippen LogP contribution in [0.25, 0.3) is 6.08 Å². The Morgan fingerprint density at radius 2 is 1.97 bits per heavy atom. The third-order valence-electron chi connectivity index (χ3n) is 5.67. The standard InChI is InChI=1S/C23H26F3NO2.C5H10O2/c1-3-6-19(23(24,25)26)9-5-10-22-27-16(2)21(29-22)13-14-28-20-12-11-17-7-4-8-18(17)15-20;1-3-5(6)7-4-2/h3,5-6,10-12,15,19H,4,7-9,13-14H2,1-2H3;3-4H2,1-2H3/b6-3-,10-5+;. The summed E-state index contributed by atoms with van der Waals surface area (Å²) in [5.41, 5.74) is 3.49. The quantitative estimate of drug-likeness (QED) is 0.251. The summed E-state index contributed by atoms with van der Waals surface area (Å²) in [5.74, 6) is 0.232. The molecule has 1 heterocycles. The predicted molar refractivity (Wildman–Crippen MR) is 134 cm³/mol. The lowest BCUT2D eigenvalue weighted by molar-refractivity contribution is -0.160. The van der Waals surface area contributed by atoms with E-state index in [0.29, 0.717) is 37.7 Å². The van der Waals surface area contributed by atoms with Crippen LogP contribution in [0.15, 0.2) is 40.8 Å². The molecule has 0 N–H and O–H groups in total. The topological polar surface area (TPSA) is 61.6 Å². The zero-order valence-corrected chi connectivity index (χ0v) is 21.5. The second kappa shape index (κ2) is 14.5. The first-order chi connectivity index (χ1) is 17.2. The number of ether oxygens (including phenoxy) is 2. The van der Waals surface area contributed by atoms with Crippen LogP contribution in [-0.4, -0.2) is 30.3 Å². The maximum absolute atomic E-state index is 12.9. The van der Waals surface area contributed by atoms with E-state index in [1.54, 1.807) is 20.8 Å². The molecule has 0 aliphatic heterocycles. The molecule has 0 fully saturated rings. The average Bonchev–Trinajstić information content (AvgIpc) is 3.44. The fourth-order valence-electron chi connectivity index (χ4n) is 3.79. The van der Waals surface area contributed by atoms with Crippen LogP contribution in [0, 0.1) is 12.8 Å². The average molecular weight is 508 g/mol. The largest absolute Gasteiger partial charge is 0.493 e. The number of esters is 1. The van der Waals surface area contributed by atoms with Gasteiger partial charge in [-0.2, -0.15) is 13.2 Å². The minimum absolute atomic E-state index is 0.123.